The zero-order valence-electron chi connectivity index (χ0n) is 15.1. The fraction of sp³-hybridized carbons (Fsp3) is 0. The van der Waals surface area contributed by atoms with Crippen molar-refractivity contribution in [1.82, 2.24) is 0 Å². The van der Waals surface area contributed by atoms with Gasteiger partial charge in [-0.05, 0) is 35.4 Å². The lowest BCUT2D eigenvalue weighted by atomic mass is 10.2. The van der Waals surface area contributed by atoms with Crippen LogP contribution in [-0.2, 0) is 9.59 Å². The van der Waals surface area contributed by atoms with Crippen molar-refractivity contribution in [1.29, 1.82) is 0 Å². The Hall–Kier alpha value is -3.92. The molecule has 0 bridgehead atoms. The van der Waals surface area contributed by atoms with Crippen molar-refractivity contribution in [2.24, 2.45) is 0 Å². The summed E-state index contributed by atoms with van der Waals surface area (Å²) < 4.78 is 5.37. The van der Waals surface area contributed by atoms with Crippen LogP contribution >= 0.6 is 0 Å². The van der Waals surface area contributed by atoms with Gasteiger partial charge in [0.25, 0.3) is 0 Å². The molecule has 0 aliphatic heterocycles. The van der Waals surface area contributed by atoms with Crippen molar-refractivity contribution in [2.45, 2.75) is 0 Å². The summed E-state index contributed by atoms with van der Waals surface area (Å²) in [4.78, 5) is 24.3. The normalized spacial score (nSPS) is 10.9. The number of rotatable bonds is 6. The summed E-state index contributed by atoms with van der Waals surface area (Å²) in [6.45, 7) is 0. The Kier molecular flexibility index (Phi) is 6.53. The smallest absolute Gasteiger partial charge is 0.336 e. The van der Waals surface area contributed by atoms with E-state index in [0.717, 1.165) is 11.1 Å². The maximum Gasteiger partial charge on any atom is 0.336 e. The molecule has 0 saturated carbocycles. The van der Waals surface area contributed by atoms with Gasteiger partial charge < -0.3 is 10.1 Å². The van der Waals surface area contributed by atoms with E-state index in [-0.39, 0.29) is 11.7 Å². The van der Waals surface area contributed by atoms with Gasteiger partial charge in [0.2, 0.25) is 5.91 Å². The lowest BCUT2D eigenvalue weighted by Gasteiger charge is -2.09. The van der Waals surface area contributed by atoms with Crippen molar-refractivity contribution in [3.8, 4) is 5.75 Å². The average molecular weight is 369 g/mol. The average Bonchev–Trinajstić information content (AvgIpc) is 2.74. The third-order valence-electron chi connectivity index (χ3n) is 3.79. The minimum absolute atomic E-state index is 0.284. The Morgan fingerprint density at radius 2 is 1.21 bits per heavy atom. The van der Waals surface area contributed by atoms with Crippen LogP contribution in [0.3, 0.4) is 0 Å². The number of carbonyl (C=O) groups is 2. The van der Waals surface area contributed by atoms with E-state index in [1.807, 2.05) is 60.7 Å². The third kappa shape index (κ3) is 5.81. The van der Waals surface area contributed by atoms with E-state index in [2.05, 4.69) is 5.32 Å². The summed E-state index contributed by atoms with van der Waals surface area (Å²) in [7, 11) is 0. The molecule has 28 heavy (non-hydrogen) atoms. The number of amides is 1. The molecule has 0 unspecified atom stereocenters. The fourth-order valence-corrected chi connectivity index (χ4v) is 2.44. The molecule has 4 heteroatoms. The van der Waals surface area contributed by atoms with Gasteiger partial charge in [-0.2, -0.15) is 0 Å². The van der Waals surface area contributed by atoms with Crippen molar-refractivity contribution in [3.63, 3.8) is 0 Å². The third-order valence-corrected chi connectivity index (χ3v) is 3.79. The molecular weight excluding hydrogens is 350 g/mol. The predicted octanol–water partition coefficient (Wildman–Crippen LogP) is 4.96. The van der Waals surface area contributed by atoms with Gasteiger partial charge in [-0.25, -0.2) is 4.79 Å². The van der Waals surface area contributed by atoms with Crippen LogP contribution in [-0.4, -0.2) is 11.9 Å². The minimum Gasteiger partial charge on any atom is -0.421 e. The van der Waals surface area contributed by atoms with E-state index in [9.17, 15) is 9.59 Å². The first kappa shape index (κ1) is 18.9. The molecule has 1 N–H and O–H groups in total. The first-order valence-electron chi connectivity index (χ1n) is 8.79. The van der Waals surface area contributed by atoms with E-state index < -0.39 is 5.97 Å². The summed E-state index contributed by atoms with van der Waals surface area (Å²) in [5.74, 6) is -0.552. The summed E-state index contributed by atoms with van der Waals surface area (Å²) in [6.07, 6.45) is 6.17. The number of carbonyl (C=O) groups excluding carboxylic acids is 2. The van der Waals surface area contributed by atoms with Gasteiger partial charge in [0.05, 0.1) is 5.69 Å². The number of benzene rings is 3. The molecule has 3 aromatic rings. The molecule has 4 nitrogen and oxygen atoms in total. The van der Waals surface area contributed by atoms with Crippen molar-refractivity contribution in [2.75, 3.05) is 5.32 Å². The Morgan fingerprint density at radius 3 is 1.86 bits per heavy atom. The number of esters is 1. The van der Waals surface area contributed by atoms with E-state index in [4.69, 9.17) is 4.74 Å². The Balaban J connectivity index is 1.64. The van der Waals surface area contributed by atoms with Gasteiger partial charge in [-0.3, -0.25) is 4.79 Å². The number of anilines is 1. The summed E-state index contributed by atoms with van der Waals surface area (Å²) in [5, 5.41) is 2.73. The minimum atomic E-state index is -0.523. The highest BCUT2D eigenvalue weighted by atomic mass is 16.5. The predicted molar refractivity (Wildman–Crippen MR) is 112 cm³/mol. The van der Waals surface area contributed by atoms with Crippen LogP contribution in [0, 0.1) is 0 Å². The van der Waals surface area contributed by atoms with E-state index in [1.54, 1.807) is 36.4 Å². The van der Waals surface area contributed by atoms with Crippen LogP contribution in [0.25, 0.3) is 12.2 Å². The van der Waals surface area contributed by atoms with Crippen molar-refractivity contribution in [3.05, 3.63) is 108 Å². The van der Waals surface area contributed by atoms with Crippen LogP contribution in [0.15, 0.2) is 97.1 Å². The standard InChI is InChI=1S/C24H19NO3/c26-23(17-15-19-9-3-1-4-10-19)25-21-13-7-8-14-22(21)28-24(27)18-16-20-11-5-2-6-12-20/h1-18H,(H,25,26)/b17-15-,18-16-. The molecule has 0 radical (unpaired) electrons. The lowest BCUT2D eigenvalue weighted by Crippen LogP contribution is -2.11. The molecule has 0 atom stereocenters. The maximum absolute atomic E-state index is 12.2. The van der Waals surface area contributed by atoms with Gasteiger partial charge in [-0.1, -0.05) is 72.8 Å². The molecule has 1 amide bonds. The first-order chi connectivity index (χ1) is 13.7. The second-order valence-corrected chi connectivity index (χ2v) is 5.89. The van der Waals surface area contributed by atoms with Crippen molar-refractivity contribution >= 4 is 29.7 Å². The van der Waals surface area contributed by atoms with E-state index in [0.29, 0.717) is 5.69 Å². The number of nitrogens with one attached hydrogen (secondary N) is 1. The fourth-order valence-electron chi connectivity index (χ4n) is 2.44. The first-order valence-corrected chi connectivity index (χ1v) is 8.79. The maximum atomic E-state index is 12.2. The summed E-state index contributed by atoms with van der Waals surface area (Å²) in [6, 6.07) is 25.8. The van der Waals surface area contributed by atoms with Crippen molar-refractivity contribution < 1.29 is 14.3 Å². The Labute approximate surface area is 163 Å². The van der Waals surface area contributed by atoms with Gasteiger partial charge in [0.1, 0.15) is 0 Å². The number of para-hydroxylation sites is 2. The highest BCUT2D eigenvalue weighted by molar-refractivity contribution is 6.03. The monoisotopic (exact) mass is 369 g/mol. The Bertz CT molecular complexity index is 910. The second-order valence-electron chi connectivity index (χ2n) is 5.89. The molecule has 3 aromatic carbocycles. The van der Waals surface area contributed by atoms with Crippen LogP contribution in [0.5, 0.6) is 5.75 Å². The Morgan fingerprint density at radius 1 is 0.679 bits per heavy atom. The van der Waals surface area contributed by atoms with E-state index >= 15 is 0 Å². The molecule has 0 fully saturated rings. The van der Waals surface area contributed by atoms with Gasteiger partial charge in [0, 0.05) is 12.2 Å². The zero-order chi connectivity index (χ0) is 19.6. The lowest BCUT2D eigenvalue weighted by molar-refractivity contribution is -0.128. The molecule has 0 aromatic heterocycles. The highest BCUT2D eigenvalue weighted by Crippen LogP contribution is 2.24. The SMILES string of the molecule is O=C(/C=C\c1ccccc1)Nc1ccccc1OC(=O)/C=C\c1ccccc1. The zero-order valence-corrected chi connectivity index (χ0v) is 15.1. The van der Waals surface area contributed by atoms with Crippen LogP contribution in [0.2, 0.25) is 0 Å². The molecule has 0 saturated heterocycles. The molecular formula is C24H19NO3. The largest absolute Gasteiger partial charge is 0.421 e. The summed E-state index contributed by atoms with van der Waals surface area (Å²) >= 11 is 0. The quantitative estimate of drug-likeness (QED) is 0.380. The van der Waals surface area contributed by atoms with Gasteiger partial charge in [-0.15, -0.1) is 0 Å². The molecule has 0 aliphatic rings. The van der Waals surface area contributed by atoms with Crippen LogP contribution < -0.4 is 10.1 Å². The molecule has 3 rings (SSSR count). The highest BCUT2D eigenvalue weighted by Gasteiger charge is 2.08. The van der Waals surface area contributed by atoms with Crippen LogP contribution in [0.4, 0.5) is 5.69 Å². The molecule has 0 spiro atoms. The topological polar surface area (TPSA) is 55.4 Å². The molecule has 0 heterocycles. The second kappa shape index (κ2) is 9.69. The number of ether oxygens (including phenoxy) is 1. The van der Waals surface area contributed by atoms with Gasteiger partial charge >= 0.3 is 5.97 Å². The summed E-state index contributed by atoms with van der Waals surface area (Å²) in [5.41, 5.74) is 2.24. The molecule has 138 valence electrons. The van der Waals surface area contributed by atoms with Crippen LogP contribution in [0.1, 0.15) is 11.1 Å². The van der Waals surface area contributed by atoms with Gasteiger partial charge in [0.15, 0.2) is 5.75 Å². The van der Waals surface area contributed by atoms with E-state index in [1.165, 1.54) is 12.2 Å². The molecule has 0 aliphatic carbocycles. The number of hydrogen-bond acceptors (Lipinski definition) is 3. The number of hydrogen-bond donors (Lipinski definition) is 1.